The van der Waals surface area contributed by atoms with E-state index in [1.807, 2.05) is 36.4 Å². The van der Waals surface area contributed by atoms with E-state index in [1.165, 1.54) is 7.11 Å². The first-order valence-corrected chi connectivity index (χ1v) is 6.02. The number of hydrogen-bond donors (Lipinski definition) is 1. The summed E-state index contributed by atoms with van der Waals surface area (Å²) in [5, 5.41) is 5.09. The summed E-state index contributed by atoms with van der Waals surface area (Å²) in [7, 11) is 4.77. The summed E-state index contributed by atoms with van der Waals surface area (Å²) in [6.45, 7) is 0. The first-order valence-electron chi connectivity index (χ1n) is 6.02. The molecule has 19 heavy (non-hydrogen) atoms. The molecule has 0 aliphatic rings. The molecular formula is C15H17NO3. The van der Waals surface area contributed by atoms with Crippen LogP contribution in [0.15, 0.2) is 36.4 Å². The molecule has 0 aliphatic heterocycles. The Kier molecular flexibility index (Phi) is 4.02. The fraction of sp³-hybridized carbons (Fsp3) is 0.267. The largest absolute Gasteiger partial charge is 0.497 e. The molecule has 0 bridgehead atoms. The molecule has 0 aliphatic carbocycles. The SMILES string of the molecule is CNC(C(=O)OC)c1ccc2cc(OC)ccc2c1. The van der Waals surface area contributed by atoms with Crippen LogP contribution in [0.3, 0.4) is 0 Å². The lowest BCUT2D eigenvalue weighted by Gasteiger charge is -2.14. The van der Waals surface area contributed by atoms with Crippen LogP contribution in [0, 0.1) is 0 Å². The number of ether oxygens (including phenoxy) is 2. The first kappa shape index (κ1) is 13.4. The second-order valence-corrected chi connectivity index (χ2v) is 4.22. The zero-order valence-electron chi connectivity index (χ0n) is 11.3. The monoisotopic (exact) mass is 259 g/mol. The first-order chi connectivity index (χ1) is 9.19. The Labute approximate surface area is 112 Å². The summed E-state index contributed by atoms with van der Waals surface area (Å²) in [4.78, 5) is 11.7. The van der Waals surface area contributed by atoms with Crippen LogP contribution in [-0.2, 0) is 9.53 Å². The van der Waals surface area contributed by atoms with Crippen LogP contribution in [-0.4, -0.2) is 27.2 Å². The van der Waals surface area contributed by atoms with Crippen molar-refractivity contribution in [3.05, 3.63) is 42.0 Å². The highest BCUT2D eigenvalue weighted by atomic mass is 16.5. The Morgan fingerprint density at radius 1 is 1.11 bits per heavy atom. The standard InChI is InChI=1S/C15H17NO3/c1-16-14(15(17)19-3)12-5-4-11-9-13(18-2)7-6-10(11)8-12/h4-9,14,16H,1-3H3. The van der Waals surface area contributed by atoms with E-state index in [4.69, 9.17) is 9.47 Å². The van der Waals surface area contributed by atoms with Gasteiger partial charge in [0.15, 0.2) is 0 Å². The van der Waals surface area contributed by atoms with E-state index in [0.717, 1.165) is 22.1 Å². The van der Waals surface area contributed by atoms with Crippen molar-refractivity contribution in [2.75, 3.05) is 21.3 Å². The Bertz CT molecular complexity index is 595. The quantitative estimate of drug-likeness (QED) is 0.856. The predicted octanol–water partition coefficient (Wildman–Crippen LogP) is 2.28. The Hall–Kier alpha value is -2.07. The highest BCUT2D eigenvalue weighted by Crippen LogP contribution is 2.24. The number of fused-ring (bicyclic) bond motifs is 1. The molecule has 0 spiro atoms. The molecule has 2 aromatic carbocycles. The maximum atomic E-state index is 11.7. The summed E-state index contributed by atoms with van der Waals surface area (Å²) in [6.07, 6.45) is 0. The number of rotatable bonds is 4. The molecule has 0 fully saturated rings. The van der Waals surface area contributed by atoms with Crippen molar-refractivity contribution in [3.8, 4) is 5.75 Å². The smallest absolute Gasteiger partial charge is 0.327 e. The third kappa shape index (κ3) is 2.69. The van der Waals surface area contributed by atoms with Crippen LogP contribution in [0.25, 0.3) is 10.8 Å². The molecule has 0 aromatic heterocycles. The number of nitrogens with one attached hydrogen (secondary N) is 1. The molecule has 2 aromatic rings. The van der Waals surface area contributed by atoms with Gasteiger partial charge >= 0.3 is 5.97 Å². The van der Waals surface area contributed by atoms with Gasteiger partial charge in [-0.25, -0.2) is 4.79 Å². The third-order valence-electron chi connectivity index (χ3n) is 3.13. The number of esters is 1. The van der Waals surface area contributed by atoms with E-state index < -0.39 is 6.04 Å². The lowest BCUT2D eigenvalue weighted by atomic mass is 10.0. The summed E-state index contributed by atoms with van der Waals surface area (Å²) in [5.74, 6) is 0.522. The fourth-order valence-electron chi connectivity index (χ4n) is 2.09. The van der Waals surface area contributed by atoms with E-state index in [9.17, 15) is 4.79 Å². The van der Waals surface area contributed by atoms with Crippen LogP contribution in [0.4, 0.5) is 0 Å². The Balaban J connectivity index is 2.43. The van der Waals surface area contributed by atoms with Crippen molar-refractivity contribution in [2.45, 2.75) is 6.04 Å². The van der Waals surface area contributed by atoms with Gasteiger partial charge in [-0.1, -0.05) is 18.2 Å². The molecule has 1 unspecified atom stereocenters. The van der Waals surface area contributed by atoms with Crippen LogP contribution in [0.1, 0.15) is 11.6 Å². The molecule has 0 saturated heterocycles. The topological polar surface area (TPSA) is 47.6 Å². The molecule has 0 heterocycles. The van der Waals surface area contributed by atoms with Crippen LogP contribution in [0.2, 0.25) is 0 Å². The maximum Gasteiger partial charge on any atom is 0.327 e. The zero-order chi connectivity index (χ0) is 13.8. The number of hydrogen-bond acceptors (Lipinski definition) is 4. The van der Waals surface area contributed by atoms with E-state index in [2.05, 4.69) is 5.32 Å². The number of methoxy groups -OCH3 is 2. The molecule has 1 atom stereocenters. The number of likely N-dealkylation sites (N-methyl/N-ethyl adjacent to an activating group) is 1. The average molecular weight is 259 g/mol. The fourth-order valence-corrected chi connectivity index (χ4v) is 2.09. The van der Waals surface area contributed by atoms with Crippen molar-refractivity contribution in [1.82, 2.24) is 5.32 Å². The van der Waals surface area contributed by atoms with E-state index in [1.54, 1.807) is 14.2 Å². The van der Waals surface area contributed by atoms with Gasteiger partial charge in [-0.3, -0.25) is 0 Å². The summed E-state index contributed by atoms with van der Waals surface area (Å²) in [5.41, 5.74) is 0.881. The van der Waals surface area contributed by atoms with Crippen molar-refractivity contribution in [3.63, 3.8) is 0 Å². The minimum Gasteiger partial charge on any atom is -0.497 e. The maximum absolute atomic E-state index is 11.7. The summed E-state index contributed by atoms with van der Waals surface area (Å²) in [6, 6.07) is 11.3. The zero-order valence-corrected chi connectivity index (χ0v) is 11.3. The third-order valence-corrected chi connectivity index (χ3v) is 3.13. The minimum atomic E-state index is -0.448. The van der Waals surface area contributed by atoms with Crippen molar-refractivity contribution in [2.24, 2.45) is 0 Å². The van der Waals surface area contributed by atoms with Gasteiger partial charge in [0.05, 0.1) is 14.2 Å². The molecular weight excluding hydrogens is 242 g/mol. The van der Waals surface area contributed by atoms with E-state index in [-0.39, 0.29) is 5.97 Å². The van der Waals surface area contributed by atoms with Gasteiger partial charge < -0.3 is 14.8 Å². The summed E-state index contributed by atoms with van der Waals surface area (Å²) < 4.78 is 9.98. The molecule has 0 radical (unpaired) electrons. The lowest BCUT2D eigenvalue weighted by molar-refractivity contribution is -0.143. The minimum absolute atomic E-state index is 0.296. The van der Waals surface area contributed by atoms with Crippen molar-refractivity contribution < 1.29 is 14.3 Å². The molecule has 1 N–H and O–H groups in total. The van der Waals surface area contributed by atoms with Crippen LogP contribution >= 0.6 is 0 Å². The average Bonchev–Trinajstić information content (AvgIpc) is 2.47. The molecule has 4 heteroatoms. The van der Waals surface area contributed by atoms with Gasteiger partial charge in [0.2, 0.25) is 0 Å². The molecule has 0 amide bonds. The molecule has 4 nitrogen and oxygen atoms in total. The highest BCUT2D eigenvalue weighted by Gasteiger charge is 2.19. The van der Waals surface area contributed by atoms with Gasteiger partial charge in [0, 0.05) is 0 Å². The van der Waals surface area contributed by atoms with Gasteiger partial charge in [0.25, 0.3) is 0 Å². The van der Waals surface area contributed by atoms with Gasteiger partial charge in [-0.2, -0.15) is 0 Å². The Morgan fingerprint density at radius 3 is 2.42 bits per heavy atom. The normalized spacial score (nSPS) is 12.2. The number of carbonyl (C=O) groups is 1. The molecule has 0 saturated carbocycles. The van der Waals surface area contributed by atoms with E-state index in [0.29, 0.717) is 0 Å². The number of carbonyl (C=O) groups excluding carboxylic acids is 1. The number of benzene rings is 2. The van der Waals surface area contributed by atoms with Crippen molar-refractivity contribution >= 4 is 16.7 Å². The van der Waals surface area contributed by atoms with Gasteiger partial charge in [-0.05, 0) is 41.6 Å². The molecule has 2 rings (SSSR count). The summed E-state index contributed by atoms with van der Waals surface area (Å²) >= 11 is 0. The van der Waals surface area contributed by atoms with Gasteiger partial charge in [0.1, 0.15) is 11.8 Å². The second-order valence-electron chi connectivity index (χ2n) is 4.22. The highest BCUT2D eigenvalue weighted by molar-refractivity contribution is 5.86. The van der Waals surface area contributed by atoms with Crippen molar-refractivity contribution in [1.29, 1.82) is 0 Å². The van der Waals surface area contributed by atoms with Gasteiger partial charge in [-0.15, -0.1) is 0 Å². The predicted molar refractivity (Wildman–Crippen MR) is 74.3 cm³/mol. The van der Waals surface area contributed by atoms with Crippen LogP contribution in [0.5, 0.6) is 5.75 Å². The second kappa shape index (κ2) is 5.71. The Morgan fingerprint density at radius 2 is 1.79 bits per heavy atom. The van der Waals surface area contributed by atoms with Crippen LogP contribution < -0.4 is 10.1 Å². The molecule has 100 valence electrons. The lowest BCUT2D eigenvalue weighted by Crippen LogP contribution is -2.26. The van der Waals surface area contributed by atoms with E-state index >= 15 is 0 Å².